The Labute approximate surface area is 209 Å². The number of benzene rings is 2. The van der Waals surface area contributed by atoms with Gasteiger partial charge in [-0.2, -0.15) is 16.8 Å². The molecule has 1 saturated heterocycles. The fraction of sp³-hybridized carbons (Fsp3) is 0.400. The van der Waals surface area contributed by atoms with E-state index in [1.54, 1.807) is 0 Å². The molecule has 1 unspecified atom stereocenters. The van der Waals surface area contributed by atoms with Crippen molar-refractivity contribution in [2.75, 3.05) is 40.4 Å². The van der Waals surface area contributed by atoms with E-state index in [0.29, 0.717) is 6.04 Å². The third kappa shape index (κ3) is 9.41. The zero-order valence-electron chi connectivity index (χ0n) is 18.5. The molecule has 2 aliphatic rings. The number of halogens is 1. The highest BCUT2D eigenvalue weighted by molar-refractivity contribution is 7.99. The molecule has 4 rings (SSSR count). The quantitative estimate of drug-likeness (QED) is 0.482. The van der Waals surface area contributed by atoms with Crippen LogP contribution in [0.1, 0.15) is 17.2 Å². The Hall–Kier alpha value is -1.26. The maximum atomic E-state index is 9.33. The van der Waals surface area contributed by atoms with E-state index in [1.807, 2.05) is 17.8 Å². The number of fused-ring (bicyclic) bond motifs is 2. The molecule has 14 heteroatoms. The smallest absolute Gasteiger partial charge is 0.314 e. The zero-order chi connectivity index (χ0) is 25.4. The lowest BCUT2D eigenvalue weighted by Crippen LogP contribution is -2.45. The lowest BCUT2D eigenvalue weighted by molar-refractivity contribution is 0.170. The summed E-state index contributed by atoms with van der Waals surface area (Å²) in [6.45, 7) is 4.34. The largest absolute Gasteiger partial charge is 0.397 e. The predicted octanol–water partition coefficient (Wildman–Crippen LogP) is 2.86. The molecular formula is C20H27ClN2O8S3. The summed E-state index contributed by atoms with van der Waals surface area (Å²) in [5, 5.41) is 4.33. The lowest BCUT2D eigenvalue weighted by atomic mass is 9.97. The molecule has 0 bridgehead atoms. The van der Waals surface area contributed by atoms with E-state index in [2.05, 4.69) is 55.0 Å². The summed E-state index contributed by atoms with van der Waals surface area (Å²) in [7, 11) is -6.58. The highest BCUT2D eigenvalue weighted by Crippen LogP contribution is 2.45. The standard InChI is InChI=1S/C18H19ClN2S.2CH4O4S/c19-15-6-3-5-14-16(21-10-8-20-9-11-21)12-13-4-1-2-7-17(13)22-18(14)15;2*1-5-6(2,3)4/h1-7,16,20H,8-12H2;2*1H3,(H,2,3,4). The van der Waals surface area contributed by atoms with Gasteiger partial charge in [0.2, 0.25) is 0 Å². The van der Waals surface area contributed by atoms with Crippen LogP contribution in [0, 0.1) is 0 Å². The average Bonchev–Trinajstić information content (AvgIpc) is 2.97. The van der Waals surface area contributed by atoms with Crippen LogP contribution >= 0.6 is 23.4 Å². The van der Waals surface area contributed by atoms with Crippen molar-refractivity contribution in [1.82, 2.24) is 10.2 Å². The van der Waals surface area contributed by atoms with Crippen molar-refractivity contribution >= 4 is 44.2 Å². The van der Waals surface area contributed by atoms with Crippen LogP contribution in [0.5, 0.6) is 0 Å². The maximum Gasteiger partial charge on any atom is 0.397 e. The first-order valence-corrected chi connectivity index (χ1v) is 13.9. The first-order chi connectivity index (χ1) is 15.9. The summed E-state index contributed by atoms with van der Waals surface area (Å²) < 4.78 is 59.4. The van der Waals surface area contributed by atoms with E-state index in [-0.39, 0.29) is 0 Å². The van der Waals surface area contributed by atoms with E-state index >= 15 is 0 Å². The van der Waals surface area contributed by atoms with Crippen LogP contribution in [0.25, 0.3) is 0 Å². The molecule has 0 aromatic heterocycles. The molecule has 1 fully saturated rings. The second kappa shape index (κ2) is 13.2. The van der Waals surface area contributed by atoms with Gasteiger partial charge in [-0.25, -0.2) is 0 Å². The van der Waals surface area contributed by atoms with Crippen molar-refractivity contribution in [3.8, 4) is 0 Å². The molecule has 0 amide bonds. The van der Waals surface area contributed by atoms with E-state index in [0.717, 1.165) is 51.8 Å². The number of rotatable bonds is 3. The van der Waals surface area contributed by atoms with Gasteiger partial charge in [-0.1, -0.05) is 53.7 Å². The third-order valence-electron chi connectivity index (χ3n) is 4.97. The Morgan fingerprint density at radius 1 is 0.971 bits per heavy atom. The Balaban J connectivity index is 0.000000285. The van der Waals surface area contributed by atoms with Crippen molar-refractivity contribution in [2.24, 2.45) is 0 Å². The molecule has 2 aromatic carbocycles. The van der Waals surface area contributed by atoms with E-state index in [9.17, 15) is 16.8 Å². The molecule has 10 nitrogen and oxygen atoms in total. The van der Waals surface area contributed by atoms with Gasteiger partial charge in [0, 0.05) is 42.0 Å². The number of hydrogen-bond donors (Lipinski definition) is 3. The van der Waals surface area contributed by atoms with Gasteiger partial charge in [-0.3, -0.25) is 22.4 Å². The first kappa shape index (κ1) is 29.0. The van der Waals surface area contributed by atoms with Crippen LogP contribution < -0.4 is 5.32 Å². The minimum absolute atomic E-state index is 0.423. The van der Waals surface area contributed by atoms with Crippen molar-refractivity contribution in [1.29, 1.82) is 0 Å². The molecule has 3 N–H and O–H groups in total. The normalized spacial score (nSPS) is 18.2. The van der Waals surface area contributed by atoms with Gasteiger partial charge in [-0.15, -0.1) is 0 Å². The van der Waals surface area contributed by atoms with Crippen LogP contribution in [-0.2, 0) is 35.6 Å². The number of nitrogens with zero attached hydrogens (tertiary/aromatic N) is 1. The van der Waals surface area contributed by atoms with Crippen molar-refractivity contribution in [2.45, 2.75) is 22.3 Å². The summed E-state index contributed by atoms with van der Waals surface area (Å²) in [5.74, 6) is 0. The SMILES string of the molecule is COS(=O)(=O)O.COS(=O)(=O)O.Clc1cccc2c1Sc1ccccc1CC2N1CCNCC1. The summed E-state index contributed by atoms with van der Waals surface area (Å²) in [6, 6.07) is 15.5. The number of piperazine rings is 1. The molecule has 0 spiro atoms. The summed E-state index contributed by atoms with van der Waals surface area (Å²) in [6.07, 6.45) is 1.07. The minimum Gasteiger partial charge on any atom is -0.314 e. The fourth-order valence-electron chi connectivity index (χ4n) is 3.42. The van der Waals surface area contributed by atoms with Crippen LogP contribution in [0.15, 0.2) is 52.3 Å². The van der Waals surface area contributed by atoms with Gasteiger partial charge in [0.25, 0.3) is 0 Å². The van der Waals surface area contributed by atoms with Crippen LogP contribution in [0.2, 0.25) is 5.02 Å². The van der Waals surface area contributed by atoms with Crippen LogP contribution in [-0.4, -0.2) is 71.2 Å². The Morgan fingerprint density at radius 3 is 2.09 bits per heavy atom. The molecule has 0 saturated carbocycles. The summed E-state index contributed by atoms with van der Waals surface area (Å²) in [5.41, 5.74) is 2.82. The van der Waals surface area contributed by atoms with E-state index in [4.69, 9.17) is 20.7 Å². The van der Waals surface area contributed by atoms with Gasteiger partial charge < -0.3 is 5.32 Å². The fourth-order valence-corrected chi connectivity index (χ4v) is 4.85. The molecule has 2 aromatic rings. The average molecular weight is 555 g/mol. The zero-order valence-corrected chi connectivity index (χ0v) is 21.8. The van der Waals surface area contributed by atoms with E-state index < -0.39 is 20.8 Å². The Bertz CT molecular complexity index is 1120. The van der Waals surface area contributed by atoms with Gasteiger partial charge in [0.05, 0.1) is 19.2 Å². The van der Waals surface area contributed by atoms with Gasteiger partial charge in [0.15, 0.2) is 0 Å². The summed E-state index contributed by atoms with van der Waals surface area (Å²) >= 11 is 8.36. The van der Waals surface area contributed by atoms with Gasteiger partial charge >= 0.3 is 20.8 Å². The number of nitrogens with one attached hydrogen (secondary N) is 1. The molecule has 2 heterocycles. The van der Waals surface area contributed by atoms with Crippen molar-refractivity contribution in [3.05, 3.63) is 58.6 Å². The lowest BCUT2D eigenvalue weighted by Gasteiger charge is -2.35. The molecule has 1 atom stereocenters. The second-order valence-corrected chi connectivity index (χ2v) is 10.9. The third-order valence-corrected chi connectivity index (χ3v) is 7.52. The van der Waals surface area contributed by atoms with Crippen molar-refractivity contribution in [3.63, 3.8) is 0 Å². The van der Waals surface area contributed by atoms with Gasteiger partial charge in [0.1, 0.15) is 0 Å². The van der Waals surface area contributed by atoms with Gasteiger partial charge in [-0.05, 0) is 29.7 Å². The molecule has 34 heavy (non-hydrogen) atoms. The van der Waals surface area contributed by atoms with Crippen LogP contribution in [0.4, 0.5) is 0 Å². The maximum absolute atomic E-state index is 9.33. The second-order valence-electron chi connectivity index (χ2n) is 7.06. The molecule has 0 radical (unpaired) electrons. The predicted molar refractivity (Wildman–Crippen MR) is 130 cm³/mol. The molecular weight excluding hydrogens is 528 g/mol. The number of hydrogen-bond acceptors (Lipinski definition) is 9. The van der Waals surface area contributed by atoms with Crippen LogP contribution in [0.3, 0.4) is 0 Å². The highest BCUT2D eigenvalue weighted by atomic mass is 35.5. The van der Waals surface area contributed by atoms with Crippen molar-refractivity contribution < 1.29 is 34.3 Å². The monoisotopic (exact) mass is 554 g/mol. The topological polar surface area (TPSA) is 142 Å². The molecule has 190 valence electrons. The van der Waals surface area contributed by atoms with E-state index in [1.165, 1.54) is 20.9 Å². The Kier molecular flexibility index (Phi) is 11.2. The minimum atomic E-state index is -4.16. The molecule has 0 aliphatic carbocycles. The Morgan fingerprint density at radius 2 is 1.53 bits per heavy atom. The first-order valence-electron chi connectivity index (χ1n) is 10.00. The highest BCUT2D eigenvalue weighted by Gasteiger charge is 2.29. The summed E-state index contributed by atoms with van der Waals surface area (Å²) in [4.78, 5) is 5.18. The molecule has 2 aliphatic heterocycles.